The summed E-state index contributed by atoms with van der Waals surface area (Å²) in [5.74, 6) is 1.14. The molecule has 0 fully saturated rings. The van der Waals surface area contributed by atoms with E-state index in [-0.39, 0.29) is 12.5 Å². The molecule has 0 radical (unpaired) electrons. The number of likely N-dealkylation sites (N-methyl/N-ethyl adjacent to an activating group) is 1. The van der Waals surface area contributed by atoms with Crippen molar-refractivity contribution < 1.29 is 9.53 Å². The molecule has 0 unspecified atom stereocenters. The Morgan fingerprint density at radius 1 is 1.21 bits per heavy atom. The maximum atomic E-state index is 11.5. The summed E-state index contributed by atoms with van der Waals surface area (Å²) in [6.07, 6.45) is 0. The number of carbonyl (C=O) groups is 1. The minimum Gasteiger partial charge on any atom is -0.484 e. The van der Waals surface area contributed by atoms with Gasteiger partial charge < -0.3 is 15.4 Å². The van der Waals surface area contributed by atoms with Gasteiger partial charge in [0.2, 0.25) is 0 Å². The van der Waals surface area contributed by atoms with E-state index in [1.807, 2.05) is 31.2 Å². The third kappa shape index (κ3) is 6.25. The zero-order valence-electron chi connectivity index (χ0n) is 12.0. The maximum Gasteiger partial charge on any atom is 0.257 e. The molecule has 0 spiro atoms. The van der Waals surface area contributed by atoms with Crippen molar-refractivity contribution in [2.24, 2.45) is 0 Å². The third-order valence-corrected chi connectivity index (χ3v) is 2.79. The predicted octanol–water partition coefficient (Wildman–Crippen LogP) is 1.91. The second-order valence-electron chi connectivity index (χ2n) is 4.72. The number of hydrogen-bond acceptors (Lipinski definition) is 3. The van der Waals surface area contributed by atoms with Gasteiger partial charge in [0.25, 0.3) is 5.91 Å². The summed E-state index contributed by atoms with van der Waals surface area (Å²) in [5, 5.41) is 5.93. The molecule has 106 valence electrons. The van der Waals surface area contributed by atoms with Crippen LogP contribution in [0.5, 0.6) is 5.75 Å². The van der Waals surface area contributed by atoms with Gasteiger partial charge in [-0.05, 0) is 30.2 Å². The number of amides is 1. The number of carbonyl (C=O) groups excluding carboxylic acids is 1. The van der Waals surface area contributed by atoms with Crippen LogP contribution in [0.1, 0.15) is 32.3 Å². The fraction of sp³-hybridized carbons (Fsp3) is 0.533. The summed E-state index contributed by atoms with van der Waals surface area (Å²) in [6.45, 7) is 8.71. The predicted molar refractivity (Wildman–Crippen MR) is 77.6 cm³/mol. The highest BCUT2D eigenvalue weighted by Gasteiger charge is 2.03. The topological polar surface area (TPSA) is 50.4 Å². The average molecular weight is 264 g/mol. The zero-order valence-corrected chi connectivity index (χ0v) is 12.0. The molecule has 1 aromatic rings. The van der Waals surface area contributed by atoms with Crippen LogP contribution in [0.2, 0.25) is 0 Å². The van der Waals surface area contributed by atoms with Gasteiger partial charge in [-0.3, -0.25) is 4.79 Å². The number of hydrogen-bond donors (Lipinski definition) is 2. The minimum atomic E-state index is -0.0918. The van der Waals surface area contributed by atoms with E-state index in [9.17, 15) is 4.79 Å². The third-order valence-electron chi connectivity index (χ3n) is 2.79. The SMILES string of the molecule is CCNCCNC(=O)COc1ccc(C(C)C)cc1. The lowest BCUT2D eigenvalue weighted by Crippen LogP contribution is -2.34. The first kappa shape index (κ1) is 15.5. The summed E-state index contributed by atoms with van der Waals surface area (Å²) in [5.41, 5.74) is 1.27. The average Bonchev–Trinajstić information content (AvgIpc) is 2.42. The molecule has 2 N–H and O–H groups in total. The lowest BCUT2D eigenvalue weighted by Gasteiger charge is -2.09. The normalized spacial score (nSPS) is 10.5. The van der Waals surface area contributed by atoms with Gasteiger partial charge in [-0.2, -0.15) is 0 Å². The Hall–Kier alpha value is -1.55. The summed E-state index contributed by atoms with van der Waals surface area (Å²) < 4.78 is 5.43. The number of benzene rings is 1. The van der Waals surface area contributed by atoms with Crippen LogP contribution >= 0.6 is 0 Å². The molecule has 1 aromatic carbocycles. The molecule has 0 aromatic heterocycles. The van der Waals surface area contributed by atoms with Gasteiger partial charge in [0.15, 0.2) is 6.61 Å². The Morgan fingerprint density at radius 3 is 2.47 bits per heavy atom. The molecule has 0 aliphatic heterocycles. The van der Waals surface area contributed by atoms with Crippen molar-refractivity contribution >= 4 is 5.91 Å². The first-order valence-corrected chi connectivity index (χ1v) is 6.83. The molecule has 0 saturated heterocycles. The van der Waals surface area contributed by atoms with E-state index in [1.165, 1.54) is 5.56 Å². The van der Waals surface area contributed by atoms with Crippen LogP contribution in [0.4, 0.5) is 0 Å². The van der Waals surface area contributed by atoms with Crippen LogP contribution < -0.4 is 15.4 Å². The van der Waals surface area contributed by atoms with Crippen LogP contribution in [-0.4, -0.2) is 32.1 Å². The van der Waals surface area contributed by atoms with Crippen LogP contribution in [-0.2, 0) is 4.79 Å². The molecule has 1 amide bonds. The van der Waals surface area contributed by atoms with E-state index >= 15 is 0 Å². The molecular formula is C15H24N2O2. The van der Waals surface area contributed by atoms with Crippen LogP contribution in [0, 0.1) is 0 Å². The second-order valence-corrected chi connectivity index (χ2v) is 4.72. The van der Waals surface area contributed by atoms with Crippen LogP contribution in [0.25, 0.3) is 0 Å². The summed E-state index contributed by atoms with van der Waals surface area (Å²) in [4.78, 5) is 11.5. The Kier molecular flexibility index (Phi) is 6.97. The van der Waals surface area contributed by atoms with Crippen LogP contribution in [0.15, 0.2) is 24.3 Å². The van der Waals surface area contributed by atoms with E-state index in [4.69, 9.17) is 4.74 Å². The Balaban J connectivity index is 2.26. The van der Waals surface area contributed by atoms with E-state index in [1.54, 1.807) is 0 Å². The van der Waals surface area contributed by atoms with Crippen molar-refractivity contribution in [1.82, 2.24) is 10.6 Å². The number of nitrogens with one attached hydrogen (secondary N) is 2. The summed E-state index contributed by atoms with van der Waals surface area (Å²) >= 11 is 0. The molecule has 19 heavy (non-hydrogen) atoms. The lowest BCUT2D eigenvalue weighted by atomic mass is 10.0. The Bertz CT molecular complexity index is 374. The molecular weight excluding hydrogens is 240 g/mol. The van der Waals surface area contributed by atoms with Gasteiger partial charge in [-0.15, -0.1) is 0 Å². The molecule has 4 heteroatoms. The summed E-state index contributed by atoms with van der Waals surface area (Å²) in [7, 11) is 0. The fourth-order valence-electron chi connectivity index (χ4n) is 1.62. The molecule has 4 nitrogen and oxygen atoms in total. The number of ether oxygens (including phenoxy) is 1. The van der Waals surface area contributed by atoms with Gasteiger partial charge in [-0.1, -0.05) is 32.9 Å². The standard InChI is InChI=1S/C15H24N2O2/c1-4-16-9-10-17-15(18)11-19-14-7-5-13(6-8-14)12(2)3/h5-8,12,16H,4,9-11H2,1-3H3,(H,17,18). The molecule has 0 aliphatic rings. The maximum absolute atomic E-state index is 11.5. The van der Waals surface area contributed by atoms with E-state index in [2.05, 4.69) is 24.5 Å². The van der Waals surface area contributed by atoms with Crippen molar-refractivity contribution in [3.05, 3.63) is 29.8 Å². The summed E-state index contributed by atoms with van der Waals surface area (Å²) in [6, 6.07) is 7.87. The molecule has 0 aliphatic carbocycles. The first-order chi connectivity index (χ1) is 9.13. The van der Waals surface area contributed by atoms with Crippen LogP contribution in [0.3, 0.4) is 0 Å². The highest BCUT2D eigenvalue weighted by atomic mass is 16.5. The van der Waals surface area contributed by atoms with Gasteiger partial charge >= 0.3 is 0 Å². The minimum absolute atomic E-state index is 0.0626. The van der Waals surface area contributed by atoms with E-state index < -0.39 is 0 Å². The van der Waals surface area contributed by atoms with Crippen molar-refractivity contribution in [3.63, 3.8) is 0 Å². The molecule has 1 rings (SSSR count). The van der Waals surface area contributed by atoms with Crippen molar-refractivity contribution in [1.29, 1.82) is 0 Å². The monoisotopic (exact) mass is 264 g/mol. The van der Waals surface area contributed by atoms with Crippen molar-refractivity contribution in [3.8, 4) is 5.75 Å². The highest BCUT2D eigenvalue weighted by Crippen LogP contribution is 2.18. The quantitative estimate of drug-likeness (QED) is 0.705. The molecule has 0 atom stereocenters. The van der Waals surface area contributed by atoms with Crippen molar-refractivity contribution in [2.75, 3.05) is 26.2 Å². The van der Waals surface area contributed by atoms with Gasteiger partial charge in [0, 0.05) is 13.1 Å². The fourth-order valence-corrected chi connectivity index (χ4v) is 1.62. The number of rotatable bonds is 8. The smallest absolute Gasteiger partial charge is 0.257 e. The van der Waals surface area contributed by atoms with E-state index in [0.29, 0.717) is 12.5 Å². The second kappa shape index (κ2) is 8.53. The van der Waals surface area contributed by atoms with Gasteiger partial charge in [0.1, 0.15) is 5.75 Å². The first-order valence-electron chi connectivity index (χ1n) is 6.83. The molecule has 0 bridgehead atoms. The Labute approximate surface area is 115 Å². The molecule has 0 heterocycles. The highest BCUT2D eigenvalue weighted by molar-refractivity contribution is 5.77. The largest absolute Gasteiger partial charge is 0.484 e. The van der Waals surface area contributed by atoms with E-state index in [0.717, 1.165) is 18.8 Å². The van der Waals surface area contributed by atoms with Crippen molar-refractivity contribution in [2.45, 2.75) is 26.7 Å². The zero-order chi connectivity index (χ0) is 14.1. The molecule has 0 saturated carbocycles. The van der Waals surface area contributed by atoms with Gasteiger partial charge in [0.05, 0.1) is 0 Å². The Morgan fingerprint density at radius 2 is 1.89 bits per heavy atom. The van der Waals surface area contributed by atoms with Gasteiger partial charge in [-0.25, -0.2) is 0 Å². The lowest BCUT2D eigenvalue weighted by molar-refractivity contribution is -0.123.